The van der Waals surface area contributed by atoms with Crippen LogP contribution < -0.4 is 0 Å². The van der Waals surface area contributed by atoms with Gasteiger partial charge in [-0.25, -0.2) is 0 Å². The summed E-state index contributed by atoms with van der Waals surface area (Å²) in [7, 11) is 0. The third-order valence-electron chi connectivity index (χ3n) is 4.10. The van der Waals surface area contributed by atoms with Gasteiger partial charge in [-0.2, -0.15) is 0 Å². The Morgan fingerprint density at radius 1 is 1.59 bits per heavy atom. The Balaban J connectivity index is 1.77. The molecule has 0 aromatic carbocycles. The Morgan fingerprint density at radius 2 is 2.35 bits per heavy atom. The minimum atomic E-state index is -0.632. The normalized spacial score (nSPS) is 33.1. The van der Waals surface area contributed by atoms with Crippen LogP contribution >= 0.6 is 11.3 Å². The topological polar surface area (TPSA) is 40.5 Å². The molecule has 1 saturated carbocycles. The van der Waals surface area contributed by atoms with E-state index in [-0.39, 0.29) is 11.8 Å². The van der Waals surface area contributed by atoms with E-state index < -0.39 is 5.60 Å². The van der Waals surface area contributed by atoms with Gasteiger partial charge in [0.15, 0.2) is 0 Å². The predicted octanol–water partition coefficient (Wildman–Crippen LogP) is 1.98. The number of carbonyl (C=O) groups is 1. The molecular weight excluding hydrogens is 234 g/mol. The van der Waals surface area contributed by atoms with E-state index in [0.29, 0.717) is 19.0 Å². The van der Waals surface area contributed by atoms with Gasteiger partial charge in [0.25, 0.3) is 5.91 Å². The number of amides is 1. The predicted molar refractivity (Wildman–Crippen MR) is 67.1 cm³/mol. The minimum Gasteiger partial charge on any atom is -0.387 e. The summed E-state index contributed by atoms with van der Waals surface area (Å²) in [6.45, 7) is 3.25. The Bertz CT molecular complexity index is 427. The number of hydrogen-bond donors (Lipinski definition) is 1. The Morgan fingerprint density at radius 3 is 2.94 bits per heavy atom. The monoisotopic (exact) mass is 251 g/mol. The molecule has 1 aliphatic heterocycles. The van der Waals surface area contributed by atoms with Crippen LogP contribution in [0.3, 0.4) is 0 Å². The molecule has 17 heavy (non-hydrogen) atoms. The third kappa shape index (κ3) is 1.79. The van der Waals surface area contributed by atoms with Crippen LogP contribution in [0.5, 0.6) is 0 Å². The van der Waals surface area contributed by atoms with E-state index in [0.717, 1.165) is 17.7 Å². The average Bonchev–Trinajstić information content (AvgIpc) is 2.94. The van der Waals surface area contributed by atoms with Crippen LogP contribution in [0.15, 0.2) is 17.5 Å². The molecule has 0 radical (unpaired) electrons. The van der Waals surface area contributed by atoms with E-state index in [1.54, 1.807) is 0 Å². The van der Waals surface area contributed by atoms with Crippen molar-refractivity contribution in [3.63, 3.8) is 0 Å². The first kappa shape index (κ1) is 11.2. The molecule has 1 aromatic rings. The number of β-amino-alcohol motifs (C(OH)–C–C–N with tert-alkyl or cyclic N) is 1. The molecule has 2 atom stereocenters. The van der Waals surface area contributed by atoms with Crippen molar-refractivity contribution in [2.45, 2.75) is 25.4 Å². The third-order valence-corrected chi connectivity index (χ3v) is 4.95. The highest BCUT2D eigenvalue weighted by Gasteiger charge is 2.53. The van der Waals surface area contributed by atoms with Crippen LogP contribution in [0.2, 0.25) is 0 Å². The molecule has 2 heterocycles. The van der Waals surface area contributed by atoms with Gasteiger partial charge in [-0.3, -0.25) is 4.79 Å². The van der Waals surface area contributed by atoms with E-state index in [4.69, 9.17) is 0 Å². The molecule has 92 valence electrons. The number of rotatable bonds is 2. The van der Waals surface area contributed by atoms with Gasteiger partial charge in [0.05, 0.1) is 17.0 Å². The maximum absolute atomic E-state index is 12.2. The molecule has 2 fully saturated rings. The van der Waals surface area contributed by atoms with Crippen molar-refractivity contribution in [2.24, 2.45) is 11.8 Å². The first-order valence-electron chi connectivity index (χ1n) is 6.16. The molecule has 1 aliphatic carbocycles. The standard InChI is InChI=1S/C13H17NO2S/c1-9-7-14(8-13(9,16)10-4-5-10)12(15)11-3-2-6-17-11/h2-3,6,9-10,16H,4-5,7-8H2,1H3. The van der Waals surface area contributed by atoms with Crippen molar-refractivity contribution in [3.05, 3.63) is 22.4 Å². The van der Waals surface area contributed by atoms with Gasteiger partial charge in [-0.1, -0.05) is 13.0 Å². The summed E-state index contributed by atoms with van der Waals surface area (Å²) < 4.78 is 0. The molecule has 1 aromatic heterocycles. The molecule has 0 spiro atoms. The summed E-state index contributed by atoms with van der Waals surface area (Å²) in [5.74, 6) is 0.681. The lowest BCUT2D eigenvalue weighted by molar-refractivity contribution is -0.00361. The van der Waals surface area contributed by atoms with Gasteiger partial charge in [-0.15, -0.1) is 11.3 Å². The largest absolute Gasteiger partial charge is 0.387 e. The second-order valence-corrected chi connectivity index (χ2v) is 6.28. The van der Waals surface area contributed by atoms with Crippen molar-refractivity contribution < 1.29 is 9.90 Å². The number of aliphatic hydroxyl groups is 1. The van der Waals surface area contributed by atoms with E-state index in [1.165, 1.54) is 11.3 Å². The van der Waals surface area contributed by atoms with Gasteiger partial charge in [0, 0.05) is 12.5 Å². The van der Waals surface area contributed by atoms with Gasteiger partial charge >= 0.3 is 0 Å². The summed E-state index contributed by atoms with van der Waals surface area (Å²) in [5.41, 5.74) is -0.632. The van der Waals surface area contributed by atoms with Crippen molar-refractivity contribution in [1.29, 1.82) is 0 Å². The van der Waals surface area contributed by atoms with Crippen LogP contribution in [-0.4, -0.2) is 34.6 Å². The lowest BCUT2D eigenvalue weighted by Gasteiger charge is -2.26. The number of hydrogen-bond acceptors (Lipinski definition) is 3. The van der Waals surface area contributed by atoms with E-state index in [9.17, 15) is 9.90 Å². The zero-order valence-corrected chi connectivity index (χ0v) is 10.7. The van der Waals surface area contributed by atoms with Gasteiger partial charge in [-0.05, 0) is 30.2 Å². The lowest BCUT2D eigenvalue weighted by Crippen LogP contribution is -2.40. The Kier molecular flexibility index (Phi) is 2.52. The van der Waals surface area contributed by atoms with E-state index in [2.05, 4.69) is 6.92 Å². The summed E-state index contributed by atoms with van der Waals surface area (Å²) in [4.78, 5) is 14.8. The molecule has 1 N–H and O–H groups in total. The summed E-state index contributed by atoms with van der Waals surface area (Å²) in [5, 5.41) is 12.5. The van der Waals surface area contributed by atoms with Gasteiger partial charge in [0.2, 0.25) is 0 Å². The highest BCUT2D eigenvalue weighted by Crippen LogP contribution is 2.47. The molecular formula is C13H17NO2S. The zero-order valence-electron chi connectivity index (χ0n) is 9.93. The minimum absolute atomic E-state index is 0.0726. The molecule has 3 nitrogen and oxygen atoms in total. The number of carbonyl (C=O) groups excluding carboxylic acids is 1. The maximum Gasteiger partial charge on any atom is 0.264 e. The SMILES string of the molecule is CC1CN(C(=O)c2cccs2)CC1(O)C1CC1. The number of nitrogens with zero attached hydrogens (tertiary/aromatic N) is 1. The second-order valence-electron chi connectivity index (χ2n) is 5.33. The number of likely N-dealkylation sites (tertiary alicyclic amines) is 1. The van der Waals surface area contributed by atoms with Crippen LogP contribution in [0.4, 0.5) is 0 Å². The Labute approximate surface area is 105 Å². The van der Waals surface area contributed by atoms with E-state index >= 15 is 0 Å². The van der Waals surface area contributed by atoms with Crippen molar-refractivity contribution >= 4 is 17.2 Å². The van der Waals surface area contributed by atoms with E-state index in [1.807, 2.05) is 22.4 Å². The molecule has 0 bridgehead atoms. The molecule has 1 amide bonds. The lowest BCUT2D eigenvalue weighted by atomic mass is 9.88. The maximum atomic E-state index is 12.2. The number of thiophene rings is 1. The summed E-state index contributed by atoms with van der Waals surface area (Å²) >= 11 is 1.47. The first-order valence-corrected chi connectivity index (χ1v) is 7.04. The fourth-order valence-electron chi connectivity index (χ4n) is 2.84. The van der Waals surface area contributed by atoms with Crippen LogP contribution in [0, 0.1) is 11.8 Å². The van der Waals surface area contributed by atoms with Crippen LogP contribution in [0.25, 0.3) is 0 Å². The fourth-order valence-corrected chi connectivity index (χ4v) is 3.53. The van der Waals surface area contributed by atoms with Gasteiger partial charge < -0.3 is 10.0 Å². The first-order chi connectivity index (χ1) is 8.11. The zero-order chi connectivity index (χ0) is 12.0. The fraction of sp³-hybridized carbons (Fsp3) is 0.615. The van der Waals surface area contributed by atoms with Crippen molar-refractivity contribution in [2.75, 3.05) is 13.1 Å². The summed E-state index contributed by atoms with van der Waals surface area (Å²) in [6.07, 6.45) is 2.23. The Hall–Kier alpha value is -0.870. The second kappa shape index (κ2) is 3.82. The van der Waals surface area contributed by atoms with Crippen LogP contribution in [0.1, 0.15) is 29.4 Å². The smallest absolute Gasteiger partial charge is 0.264 e. The molecule has 3 rings (SSSR count). The van der Waals surface area contributed by atoms with Crippen molar-refractivity contribution in [1.82, 2.24) is 4.90 Å². The highest BCUT2D eigenvalue weighted by atomic mass is 32.1. The molecule has 4 heteroatoms. The average molecular weight is 251 g/mol. The van der Waals surface area contributed by atoms with Crippen molar-refractivity contribution in [3.8, 4) is 0 Å². The highest BCUT2D eigenvalue weighted by molar-refractivity contribution is 7.12. The molecule has 2 aliphatic rings. The van der Waals surface area contributed by atoms with Gasteiger partial charge in [0.1, 0.15) is 0 Å². The quantitative estimate of drug-likeness (QED) is 0.873. The van der Waals surface area contributed by atoms with Crippen LogP contribution in [-0.2, 0) is 0 Å². The molecule has 1 saturated heterocycles. The summed E-state index contributed by atoms with van der Waals surface area (Å²) in [6, 6.07) is 3.75. The molecule has 2 unspecified atom stereocenters.